The summed E-state index contributed by atoms with van der Waals surface area (Å²) < 4.78 is 2.34. The van der Waals surface area contributed by atoms with Gasteiger partial charge in [-0.05, 0) is 61.8 Å². The smallest absolute Gasteiger partial charge is 0.235 e. The number of pyridine rings is 1. The van der Waals surface area contributed by atoms with Gasteiger partial charge in [-0.1, -0.05) is 12.1 Å². The molecule has 1 saturated carbocycles. The summed E-state index contributed by atoms with van der Waals surface area (Å²) in [5.41, 5.74) is 3.33. The largest absolute Gasteiger partial charge is 0.329 e. The van der Waals surface area contributed by atoms with Crippen LogP contribution in [0.2, 0.25) is 0 Å². The molecule has 7 heteroatoms. The molecule has 0 saturated heterocycles. The number of nitrogens with zero attached hydrogens (tertiary/aromatic N) is 4. The van der Waals surface area contributed by atoms with Crippen molar-refractivity contribution in [3.63, 3.8) is 0 Å². The minimum absolute atomic E-state index is 0.0261. The quantitative estimate of drug-likeness (QED) is 0.494. The fraction of sp³-hybridized carbons (Fsp3) is 0.333. The van der Waals surface area contributed by atoms with Crippen molar-refractivity contribution >= 4 is 45.4 Å². The Morgan fingerprint density at radius 3 is 3.10 bits per heavy atom. The highest BCUT2D eigenvalue weighted by Crippen LogP contribution is 2.39. The van der Waals surface area contributed by atoms with Crippen molar-refractivity contribution in [2.45, 2.75) is 43.0 Å². The number of anilines is 1. The van der Waals surface area contributed by atoms with Crippen LogP contribution in [-0.2, 0) is 11.2 Å². The Kier molecular flexibility index (Phi) is 4.64. The summed E-state index contributed by atoms with van der Waals surface area (Å²) in [5.74, 6) is 1.92. The van der Waals surface area contributed by atoms with E-state index in [1.165, 1.54) is 31.2 Å². The van der Waals surface area contributed by atoms with E-state index in [1.54, 1.807) is 18.1 Å². The fourth-order valence-electron chi connectivity index (χ4n) is 4.99. The average Bonchev–Trinajstić information content (AvgIpc) is 3.43. The maximum absolute atomic E-state index is 11.7. The summed E-state index contributed by atoms with van der Waals surface area (Å²) in [6, 6.07) is 11.4. The molecule has 2 atom stereocenters. The maximum Gasteiger partial charge on any atom is 0.235 e. The summed E-state index contributed by atoms with van der Waals surface area (Å²) >= 11 is 1.56. The van der Waals surface area contributed by atoms with Crippen molar-refractivity contribution in [2.24, 2.45) is 5.92 Å². The first-order valence-corrected chi connectivity index (χ1v) is 11.8. The molecule has 4 heterocycles. The third-order valence-electron chi connectivity index (χ3n) is 6.59. The highest BCUT2D eigenvalue weighted by Gasteiger charge is 2.26. The van der Waals surface area contributed by atoms with E-state index in [0.29, 0.717) is 17.6 Å². The molecule has 4 aromatic rings. The topological polar surface area (TPSA) is 72.7 Å². The van der Waals surface area contributed by atoms with E-state index in [-0.39, 0.29) is 5.91 Å². The predicted octanol–water partition coefficient (Wildman–Crippen LogP) is 5.00. The molecular weight excluding hydrogens is 406 g/mol. The molecule has 31 heavy (non-hydrogen) atoms. The molecule has 6 nitrogen and oxygen atoms in total. The fourth-order valence-corrected chi connectivity index (χ4v) is 5.79. The molecule has 1 aliphatic heterocycles. The second kappa shape index (κ2) is 7.64. The van der Waals surface area contributed by atoms with Crippen LogP contribution in [0.5, 0.6) is 0 Å². The van der Waals surface area contributed by atoms with Gasteiger partial charge in [0.05, 0.1) is 16.2 Å². The van der Waals surface area contributed by atoms with Gasteiger partial charge >= 0.3 is 0 Å². The van der Waals surface area contributed by atoms with Gasteiger partial charge in [-0.25, -0.2) is 15.0 Å². The summed E-state index contributed by atoms with van der Waals surface area (Å²) in [4.78, 5) is 26.1. The predicted molar refractivity (Wildman–Crippen MR) is 123 cm³/mol. The summed E-state index contributed by atoms with van der Waals surface area (Å²) in [5, 5.41) is 5.15. The number of carbonyl (C=O) groups excluding carboxylic acids is 1. The number of nitrogens with one attached hydrogen (secondary N) is 1. The Morgan fingerprint density at radius 2 is 2.13 bits per heavy atom. The SMILES string of the molecule is O=C1CSc2cc3ccc(CC[C@@H]4CCC(n5ccc6cncnc65)C4)cc3nc2N1. The highest BCUT2D eigenvalue weighted by molar-refractivity contribution is 8.00. The first-order chi connectivity index (χ1) is 15.2. The molecule has 156 valence electrons. The van der Waals surface area contributed by atoms with Crippen LogP contribution in [0.25, 0.3) is 21.9 Å². The molecule has 0 radical (unpaired) electrons. The van der Waals surface area contributed by atoms with Crippen molar-refractivity contribution in [3.05, 3.63) is 54.6 Å². The lowest BCUT2D eigenvalue weighted by Crippen LogP contribution is -2.19. The van der Waals surface area contributed by atoms with Gasteiger partial charge in [0, 0.05) is 29.2 Å². The molecule has 0 bridgehead atoms. The highest BCUT2D eigenvalue weighted by atomic mass is 32.2. The van der Waals surface area contributed by atoms with Gasteiger partial charge in [0.15, 0.2) is 0 Å². The Balaban J connectivity index is 1.14. The lowest BCUT2D eigenvalue weighted by atomic mass is 9.97. The molecule has 0 spiro atoms. The van der Waals surface area contributed by atoms with E-state index in [2.05, 4.69) is 56.4 Å². The molecule has 2 aliphatic rings. The number of thioether (sulfide) groups is 1. The van der Waals surface area contributed by atoms with Crippen molar-refractivity contribution in [3.8, 4) is 0 Å². The number of benzene rings is 1. The van der Waals surface area contributed by atoms with E-state index in [0.717, 1.165) is 39.2 Å². The van der Waals surface area contributed by atoms with Gasteiger partial charge in [0.25, 0.3) is 0 Å². The number of hydrogen-bond donors (Lipinski definition) is 1. The Morgan fingerprint density at radius 1 is 1.16 bits per heavy atom. The van der Waals surface area contributed by atoms with E-state index >= 15 is 0 Å². The first-order valence-electron chi connectivity index (χ1n) is 10.9. The monoisotopic (exact) mass is 429 g/mol. The minimum atomic E-state index is 0.0261. The van der Waals surface area contributed by atoms with E-state index in [9.17, 15) is 4.79 Å². The molecule has 1 aromatic carbocycles. The number of rotatable bonds is 4. The second-order valence-corrected chi connectivity index (χ2v) is 9.61. The maximum atomic E-state index is 11.7. The van der Waals surface area contributed by atoms with Gasteiger partial charge in [-0.3, -0.25) is 4.79 Å². The molecule has 1 aliphatic carbocycles. The number of aromatic nitrogens is 4. The van der Waals surface area contributed by atoms with Crippen LogP contribution < -0.4 is 5.32 Å². The Labute approximate surface area is 184 Å². The molecule has 6 rings (SSSR count). The molecule has 1 fully saturated rings. The zero-order valence-electron chi connectivity index (χ0n) is 17.1. The van der Waals surface area contributed by atoms with Crippen molar-refractivity contribution in [2.75, 3.05) is 11.1 Å². The van der Waals surface area contributed by atoms with Crippen LogP contribution in [0.1, 0.15) is 37.3 Å². The van der Waals surface area contributed by atoms with Crippen molar-refractivity contribution in [1.29, 1.82) is 0 Å². The van der Waals surface area contributed by atoms with Gasteiger partial charge in [0.2, 0.25) is 5.91 Å². The number of carbonyl (C=O) groups is 1. The van der Waals surface area contributed by atoms with Crippen molar-refractivity contribution in [1.82, 2.24) is 19.5 Å². The second-order valence-electron chi connectivity index (χ2n) is 8.60. The molecular formula is C24H23N5OS. The van der Waals surface area contributed by atoms with Gasteiger partial charge < -0.3 is 9.88 Å². The van der Waals surface area contributed by atoms with E-state index in [4.69, 9.17) is 4.98 Å². The zero-order chi connectivity index (χ0) is 20.8. The first kappa shape index (κ1) is 18.8. The lowest BCUT2D eigenvalue weighted by molar-refractivity contribution is -0.113. The number of hydrogen-bond acceptors (Lipinski definition) is 5. The summed E-state index contributed by atoms with van der Waals surface area (Å²) in [6.45, 7) is 0. The lowest BCUT2D eigenvalue weighted by Gasteiger charge is -2.16. The number of aryl methyl sites for hydroxylation is 1. The number of amides is 1. The van der Waals surface area contributed by atoms with Crippen LogP contribution in [0.4, 0.5) is 5.82 Å². The van der Waals surface area contributed by atoms with Crippen molar-refractivity contribution < 1.29 is 4.79 Å². The molecule has 1 unspecified atom stereocenters. The third-order valence-corrected chi connectivity index (χ3v) is 7.62. The van der Waals surface area contributed by atoms with Crippen LogP contribution in [0.15, 0.2) is 53.9 Å². The summed E-state index contributed by atoms with van der Waals surface area (Å²) in [7, 11) is 0. The normalized spacial score (nSPS) is 20.8. The molecule has 1 N–H and O–H groups in total. The van der Waals surface area contributed by atoms with Gasteiger partial charge in [-0.2, -0.15) is 0 Å². The average molecular weight is 430 g/mol. The molecule has 3 aromatic heterocycles. The van der Waals surface area contributed by atoms with Gasteiger partial charge in [0.1, 0.15) is 17.8 Å². The third kappa shape index (κ3) is 3.57. The molecule has 1 amide bonds. The number of fused-ring (bicyclic) bond motifs is 3. The van der Waals surface area contributed by atoms with Gasteiger partial charge in [-0.15, -0.1) is 11.8 Å². The van der Waals surface area contributed by atoms with Crippen LogP contribution in [0.3, 0.4) is 0 Å². The standard InChI is InChI=1S/C24H23N5OS/c30-22-13-31-21-11-17-5-3-16(10-20(17)27-23(21)28-22)2-1-15-4-6-19(9-15)29-8-7-18-12-25-14-26-24(18)29/h3,5,7-8,10-12,14-15,19H,1-2,4,6,9,13H2,(H,27,28,30)/t15-,19?/m1/s1. The Bertz CT molecular complexity index is 1300. The summed E-state index contributed by atoms with van der Waals surface area (Å²) in [6.07, 6.45) is 11.6. The van der Waals surface area contributed by atoms with Crippen LogP contribution >= 0.6 is 11.8 Å². The minimum Gasteiger partial charge on any atom is -0.329 e. The van der Waals surface area contributed by atoms with E-state index in [1.807, 2.05) is 6.20 Å². The zero-order valence-corrected chi connectivity index (χ0v) is 17.9. The van der Waals surface area contributed by atoms with Crippen LogP contribution in [-0.4, -0.2) is 31.2 Å². The van der Waals surface area contributed by atoms with Crippen LogP contribution in [0, 0.1) is 5.92 Å². The Hall–Kier alpha value is -2.93. The van der Waals surface area contributed by atoms with E-state index < -0.39 is 0 Å².